The Morgan fingerprint density at radius 2 is 0.605 bits per heavy atom. The summed E-state index contributed by atoms with van der Waals surface area (Å²) in [6.07, 6.45) is 0. The number of hydrogen-bond acceptors (Lipinski definition) is 3. The molecule has 1 saturated heterocycles. The summed E-state index contributed by atoms with van der Waals surface area (Å²) in [7, 11) is 4.79. The first-order valence-corrected chi connectivity index (χ1v) is 30.2. The van der Waals surface area contributed by atoms with Gasteiger partial charge in [-0.05, 0) is 338 Å². The van der Waals surface area contributed by atoms with E-state index in [0.717, 1.165) is 18.8 Å². The van der Waals surface area contributed by atoms with Gasteiger partial charge in [-0.2, -0.15) is 0 Å². The van der Waals surface area contributed by atoms with Crippen LogP contribution in [0.4, 0.5) is 5.69 Å². The third kappa shape index (κ3) is 1.95. The monoisotopic (exact) mass is 1000 g/mol. The normalized spacial score (nSPS) is 22.2. The summed E-state index contributed by atoms with van der Waals surface area (Å²) < 4.78 is 7.40. The van der Waals surface area contributed by atoms with E-state index in [1.165, 1.54) is 11.3 Å². The Bertz CT molecular complexity index is 7740. The summed E-state index contributed by atoms with van der Waals surface area (Å²) in [5, 5.41) is 89.4. The van der Waals surface area contributed by atoms with Crippen LogP contribution in [-0.4, -0.2) is 38.7 Å². The Morgan fingerprint density at radius 3 is 0.914 bits per heavy atom. The maximum atomic E-state index is 7.40. The third-order valence-corrected chi connectivity index (χ3v) is 28.0. The van der Waals surface area contributed by atoms with Gasteiger partial charge < -0.3 is 9.64 Å². The minimum Gasteiger partial charge on any atom is -0.491 e. The van der Waals surface area contributed by atoms with Crippen molar-refractivity contribution in [1.29, 1.82) is 0 Å². The maximum absolute atomic E-state index is 7.40. The van der Waals surface area contributed by atoms with Gasteiger partial charge in [0.1, 0.15) is 12.4 Å². The zero-order valence-corrected chi connectivity index (χ0v) is 42.7. The number of ether oxygens (including phenoxy) is 1. The average molecular weight is 1000 g/mol. The molecule has 0 saturated carbocycles. The van der Waals surface area contributed by atoms with Crippen molar-refractivity contribution in [3.8, 4) is 5.75 Å². The van der Waals surface area contributed by atoms with E-state index in [-0.39, 0.29) is 11.5 Å². The highest BCUT2D eigenvalue weighted by molar-refractivity contribution is 6.82. The van der Waals surface area contributed by atoms with Crippen molar-refractivity contribution in [2.24, 2.45) is 0 Å². The van der Waals surface area contributed by atoms with E-state index >= 15 is 0 Å². The molecule has 0 bridgehead atoms. The number of rotatable bonds is 6. The van der Waals surface area contributed by atoms with E-state index in [1.807, 2.05) is 0 Å². The molecule has 3 nitrogen and oxygen atoms in total. The van der Waals surface area contributed by atoms with E-state index in [2.05, 4.69) is 78.5 Å². The molecule has 1 heterocycles. The van der Waals surface area contributed by atoms with Crippen molar-refractivity contribution in [2.45, 2.75) is 16.9 Å². The van der Waals surface area contributed by atoms with Gasteiger partial charge in [0.15, 0.2) is 0 Å². The number of benzene rings is 20. The second kappa shape index (κ2) is 7.90. The molecule has 5 aliphatic rings. The lowest BCUT2D eigenvalue weighted by atomic mass is 9.47. The first-order valence-electron chi connectivity index (χ1n) is 30.2. The Morgan fingerprint density at radius 1 is 0.346 bits per heavy atom. The van der Waals surface area contributed by atoms with Gasteiger partial charge in [0.05, 0.1) is 23.4 Å². The van der Waals surface area contributed by atoms with Gasteiger partial charge in [0.2, 0.25) is 0 Å². The molecular weight excluding hydrogens is 981 g/mol. The summed E-state index contributed by atoms with van der Waals surface area (Å²) in [4.78, 5) is 5.29. The molecule has 0 N–H and O–H groups in total. The van der Waals surface area contributed by atoms with E-state index in [1.54, 1.807) is 313 Å². The zero-order chi connectivity index (χ0) is 49.1. The van der Waals surface area contributed by atoms with Crippen molar-refractivity contribution >= 4 is 297 Å². The van der Waals surface area contributed by atoms with Crippen LogP contribution in [0.3, 0.4) is 0 Å². The van der Waals surface area contributed by atoms with E-state index in [9.17, 15) is 0 Å². The number of para-hydroxylation sites is 2. The van der Waals surface area contributed by atoms with Crippen LogP contribution < -0.4 is 9.64 Å². The van der Waals surface area contributed by atoms with Crippen molar-refractivity contribution in [3.63, 3.8) is 0 Å². The van der Waals surface area contributed by atoms with E-state index in [0.29, 0.717) is 6.61 Å². The molecule has 0 aromatic heterocycles. The molecule has 1 atom stereocenters. The van der Waals surface area contributed by atoms with E-state index < -0.39 is 5.41 Å². The second-order valence-electron chi connectivity index (χ2n) is 28.9. The van der Waals surface area contributed by atoms with Gasteiger partial charge in [-0.3, -0.25) is 4.90 Å². The molecule has 1 unspecified atom stereocenters. The predicted octanol–water partition coefficient (Wildman–Crippen LogP) is 19.5. The fourth-order valence-corrected chi connectivity index (χ4v) is 27.5. The second-order valence-corrected chi connectivity index (χ2v) is 28.9. The van der Waals surface area contributed by atoms with Gasteiger partial charge in [-0.25, -0.2) is 0 Å². The summed E-state index contributed by atoms with van der Waals surface area (Å²) in [6.45, 7) is 2.40. The highest BCUT2D eigenvalue weighted by Crippen LogP contribution is 2.87. The molecule has 35 rings (SSSR count). The van der Waals surface area contributed by atoms with Crippen molar-refractivity contribution in [1.82, 2.24) is 4.90 Å². The van der Waals surface area contributed by atoms with Crippen molar-refractivity contribution in [2.75, 3.05) is 38.7 Å². The van der Waals surface area contributed by atoms with Crippen molar-refractivity contribution in [3.05, 3.63) is 82.4 Å². The molecule has 0 amide bonds. The number of likely N-dealkylation sites (tertiary alicyclic amines) is 1. The maximum Gasteiger partial charge on any atom is 0.124 e. The first-order chi connectivity index (χ1) is 40.2. The van der Waals surface area contributed by atoms with Crippen LogP contribution in [0.2, 0.25) is 0 Å². The quantitative estimate of drug-likeness (QED) is 0.154. The Hall–Kier alpha value is -9.54. The molecule has 1 aliphatic heterocycles. The van der Waals surface area contributed by atoms with Gasteiger partial charge in [-0.1, -0.05) is 36.4 Å². The Labute approximate surface area is 447 Å². The lowest BCUT2D eigenvalue weighted by Gasteiger charge is -2.52. The molecule has 2 spiro atoms. The minimum atomic E-state index is -0.423. The Balaban J connectivity index is 0.952. The standard InChI is InChI=1S/C78H22N2O/c1-79(15-8-4-3-5-9-15)12-13-81-17-11-7-6-10-16(17)76-78-74-68-62-52-40-32-24-20-18-19-22-26(24)34(40)44-38-30(22)31-23(19)27-25-21(18)29-28(20)36-42(32)50-56-46(36)47-37(29)43-33(25)41-35(27)45-39(31)49-48(38)60(54(44)62)70(74)71-61(49)55(45)63-53(41)59-51(43)57(47)65-64(56)72(66(68)58(50)52)77(78,14-80(76)2)73(65)67(59)69(63)75(71)78/h3-11,76H,12-14H2,1-2H3. The zero-order valence-electron chi connectivity index (χ0n) is 42.7. The fourth-order valence-electron chi connectivity index (χ4n) is 27.5. The van der Waals surface area contributed by atoms with Crippen LogP contribution in [-0.2, 0) is 10.8 Å². The van der Waals surface area contributed by atoms with Gasteiger partial charge in [-0.15, -0.1) is 0 Å². The molecule has 30 aromatic rings. The molecule has 4 aliphatic carbocycles. The summed E-state index contributed by atoms with van der Waals surface area (Å²) in [6, 6.07) is 20.4. The predicted molar refractivity (Wildman–Crippen MR) is 341 cm³/mol. The van der Waals surface area contributed by atoms with Crippen LogP contribution in [0.1, 0.15) is 33.9 Å². The number of anilines is 1. The number of likely N-dealkylation sites (N-methyl/N-ethyl adjacent to an activating group) is 2. The van der Waals surface area contributed by atoms with Crippen LogP contribution >= 0.6 is 0 Å². The lowest BCUT2D eigenvalue weighted by molar-refractivity contribution is 0.254. The molecule has 81 heavy (non-hydrogen) atoms. The van der Waals surface area contributed by atoms with Gasteiger partial charge >= 0.3 is 0 Å². The van der Waals surface area contributed by atoms with Crippen LogP contribution in [0.5, 0.6) is 5.75 Å². The lowest BCUT2D eigenvalue weighted by Crippen LogP contribution is -2.52. The topological polar surface area (TPSA) is 15.7 Å². The largest absolute Gasteiger partial charge is 0.491 e. The van der Waals surface area contributed by atoms with Crippen molar-refractivity contribution < 1.29 is 4.74 Å². The molecule has 3 heteroatoms. The minimum absolute atomic E-state index is 0.0244. The third-order valence-electron chi connectivity index (χ3n) is 28.0. The molecule has 0 radical (unpaired) electrons. The van der Waals surface area contributed by atoms with Crippen LogP contribution in [0.15, 0.2) is 54.6 Å². The highest BCUT2D eigenvalue weighted by atomic mass is 16.5. The SMILES string of the molecule is CN(CCOc1ccccc1C1N(C)CC23c4c5c6c7c8c9c(c%10c%11c2c2c4c4c%12c5c5c6c6c8c8c%13c9c9c%10c%10c%11c%11c2c2c4c4c%12c%12c5c5c6c8c6c8c%13c9c9c%10c%10c%11c2c2c4c4c%12c5c6c5c8c9c%10c2c45)C713)c1ccccc1. The number of hydrogen-bond donors (Lipinski definition) is 0. The highest BCUT2D eigenvalue weighted by Gasteiger charge is 2.76. The Kier molecular flexibility index (Phi) is 3.17. The van der Waals surface area contributed by atoms with Gasteiger partial charge in [0, 0.05) is 24.8 Å². The first kappa shape index (κ1) is 32.5. The summed E-state index contributed by atoms with van der Waals surface area (Å²) in [5.41, 5.74) is 8.79. The van der Waals surface area contributed by atoms with Crippen LogP contribution in [0, 0.1) is 0 Å². The molecule has 30 aromatic carbocycles. The fraction of sp³-hybridized carbons (Fsp3) is 0.103. The number of nitrogens with zero attached hydrogens (tertiary/aromatic N) is 2. The summed E-state index contributed by atoms with van der Waals surface area (Å²) in [5.74, 6) is 1.06. The van der Waals surface area contributed by atoms with Gasteiger partial charge in [0.25, 0.3) is 0 Å². The van der Waals surface area contributed by atoms with E-state index in [4.69, 9.17) is 4.74 Å². The summed E-state index contributed by atoms with van der Waals surface area (Å²) >= 11 is 0. The molecule has 1 fully saturated rings. The smallest absolute Gasteiger partial charge is 0.124 e. The molecular formula is C78H22N2O. The average Bonchev–Trinajstić information content (AvgIpc) is 1.46. The van der Waals surface area contributed by atoms with Crippen LogP contribution in [0.25, 0.3) is 291 Å². The molecule has 350 valence electrons.